The SMILES string of the molecule is CC1(c2ccc(-c3ccccc3)cc2)CC1C(=O)N/N=C/c1cccc2[nH]cnc12. The molecule has 1 aliphatic rings. The second-order valence-corrected chi connectivity index (χ2v) is 8.00. The number of nitrogens with zero attached hydrogens (tertiary/aromatic N) is 2. The molecule has 148 valence electrons. The number of para-hydroxylation sites is 1. The van der Waals surface area contributed by atoms with E-state index in [-0.39, 0.29) is 17.2 Å². The molecule has 0 aliphatic heterocycles. The molecule has 2 atom stereocenters. The molecule has 1 aliphatic carbocycles. The van der Waals surface area contributed by atoms with Gasteiger partial charge in [-0.05, 0) is 29.2 Å². The minimum atomic E-state index is -0.142. The Labute approximate surface area is 174 Å². The van der Waals surface area contributed by atoms with Crippen LogP contribution in [-0.4, -0.2) is 22.1 Å². The van der Waals surface area contributed by atoms with E-state index >= 15 is 0 Å². The van der Waals surface area contributed by atoms with Gasteiger partial charge in [-0.3, -0.25) is 4.79 Å². The summed E-state index contributed by atoms with van der Waals surface area (Å²) in [6, 6.07) is 24.6. The Morgan fingerprint density at radius 2 is 1.83 bits per heavy atom. The van der Waals surface area contributed by atoms with Crippen molar-refractivity contribution in [1.29, 1.82) is 0 Å². The van der Waals surface area contributed by atoms with E-state index in [0.29, 0.717) is 0 Å². The third-order valence-electron chi connectivity index (χ3n) is 6.06. The molecule has 1 fully saturated rings. The van der Waals surface area contributed by atoms with Gasteiger partial charge in [0.15, 0.2) is 0 Å². The summed E-state index contributed by atoms with van der Waals surface area (Å²) in [6.45, 7) is 2.14. The van der Waals surface area contributed by atoms with Gasteiger partial charge in [-0.15, -0.1) is 0 Å². The average molecular weight is 394 g/mol. The quantitative estimate of drug-likeness (QED) is 0.382. The number of hydrogen-bond acceptors (Lipinski definition) is 3. The fourth-order valence-electron chi connectivity index (χ4n) is 4.08. The van der Waals surface area contributed by atoms with Crippen molar-refractivity contribution in [2.24, 2.45) is 11.0 Å². The van der Waals surface area contributed by atoms with Crippen molar-refractivity contribution in [3.8, 4) is 11.1 Å². The van der Waals surface area contributed by atoms with Crippen molar-refractivity contribution in [2.75, 3.05) is 0 Å². The van der Waals surface area contributed by atoms with Crippen LogP contribution in [0.15, 0.2) is 84.2 Å². The number of carbonyl (C=O) groups is 1. The van der Waals surface area contributed by atoms with Crippen LogP contribution in [0.3, 0.4) is 0 Å². The van der Waals surface area contributed by atoms with Crippen LogP contribution in [0.5, 0.6) is 0 Å². The maximum absolute atomic E-state index is 12.6. The average Bonchev–Trinajstić information content (AvgIpc) is 3.25. The molecule has 5 rings (SSSR count). The minimum Gasteiger partial charge on any atom is -0.345 e. The summed E-state index contributed by atoms with van der Waals surface area (Å²) in [4.78, 5) is 20.0. The van der Waals surface area contributed by atoms with E-state index < -0.39 is 0 Å². The number of aromatic amines is 1. The van der Waals surface area contributed by atoms with Gasteiger partial charge in [-0.2, -0.15) is 5.10 Å². The van der Waals surface area contributed by atoms with Crippen molar-refractivity contribution >= 4 is 23.2 Å². The van der Waals surface area contributed by atoms with Crippen LogP contribution in [0.1, 0.15) is 24.5 Å². The van der Waals surface area contributed by atoms with Gasteiger partial charge in [0.25, 0.3) is 0 Å². The van der Waals surface area contributed by atoms with Gasteiger partial charge in [0.05, 0.1) is 29.5 Å². The van der Waals surface area contributed by atoms with E-state index in [4.69, 9.17) is 0 Å². The molecule has 1 saturated carbocycles. The lowest BCUT2D eigenvalue weighted by molar-refractivity contribution is -0.122. The summed E-state index contributed by atoms with van der Waals surface area (Å²) in [6.07, 6.45) is 4.13. The van der Waals surface area contributed by atoms with E-state index in [1.807, 2.05) is 36.4 Å². The number of nitrogens with one attached hydrogen (secondary N) is 2. The number of fused-ring (bicyclic) bond motifs is 1. The lowest BCUT2D eigenvalue weighted by Crippen LogP contribution is -2.23. The number of amides is 1. The molecule has 3 aromatic carbocycles. The summed E-state index contributed by atoms with van der Waals surface area (Å²) < 4.78 is 0. The topological polar surface area (TPSA) is 70.1 Å². The van der Waals surface area contributed by atoms with Gasteiger partial charge < -0.3 is 4.98 Å². The summed E-state index contributed by atoms with van der Waals surface area (Å²) in [5.41, 5.74) is 8.77. The number of aromatic nitrogens is 2. The molecule has 0 bridgehead atoms. The Bertz CT molecular complexity index is 1230. The molecule has 5 heteroatoms. The monoisotopic (exact) mass is 394 g/mol. The zero-order chi connectivity index (χ0) is 20.6. The standard InChI is InChI=1S/C25H22N4O/c1-25(20-12-10-18(11-13-20)17-6-3-2-4-7-17)14-21(25)24(30)29-28-15-19-8-5-9-22-23(19)27-16-26-22/h2-13,15-16,21H,14H2,1H3,(H,26,27)(H,29,30)/b28-15+. The second-order valence-electron chi connectivity index (χ2n) is 8.00. The van der Waals surface area contributed by atoms with Gasteiger partial charge in [-0.25, -0.2) is 10.4 Å². The normalized spacial score (nSPS) is 20.5. The smallest absolute Gasteiger partial charge is 0.244 e. The summed E-state index contributed by atoms with van der Waals surface area (Å²) in [7, 11) is 0. The fourth-order valence-corrected chi connectivity index (χ4v) is 4.08. The van der Waals surface area contributed by atoms with E-state index in [2.05, 4.69) is 63.8 Å². The highest BCUT2D eigenvalue weighted by Gasteiger charge is 2.55. The first-order chi connectivity index (χ1) is 14.6. The van der Waals surface area contributed by atoms with E-state index in [1.54, 1.807) is 12.5 Å². The van der Waals surface area contributed by atoms with Crippen LogP contribution >= 0.6 is 0 Å². The van der Waals surface area contributed by atoms with Gasteiger partial charge in [0.1, 0.15) is 0 Å². The maximum Gasteiger partial charge on any atom is 0.244 e. The number of H-pyrrole nitrogens is 1. The highest BCUT2D eigenvalue weighted by Crippen LogP contribution is 2.54. The first kappa shape index (κ1) is 18.3. The predicted molar refractivity (Wildman–Crippen MR) is 119 cm³/mol. The maximum atomic E-state index is 12.6. The summed E-state index contributed by atoms with van der Waals surface area (Å²) >= 11 is 0. The molecule has 4 aromatic rings. The molecular formula is C25H22N4O. The molecule has 0 radical (unpaired) electrons. The highest BCUT2D eigenvalue weighted by molar-refractivity contribution is 5.96. The zero-order valence-electron chi connectivity index (χ0n) is 16.7. The number of benzene rings is 3. The molecule has 1 amide bonds. The van der Waals surface area contributed by atoms with Crippen LogP contribution in [0.2, 0.25) is 0 Å². The summed E-state index contributed by atoms with van der Waals surface area (Å²) in [5, 5.41) is 4.17. The fraction of sp³-hybridized carbons (Fsp3) is 0.160. The van der Waals surface area contributed by atoms with Crippen molar-refractivity contribution in [3.05, 3.63) is 90.3 Å². The van der Waals surface area contributed by atoms with Crippen LogP contribution in [-0.2, 0) is 10.2 Å². The van der Waals surface area contributed by atoms with Crippen LogP contribution < -0.4 is 5.43 Å². The van der Waals surface area contributed by atoms with Crippen molar-refractivity contribution in [2.45, 2.75) is 18.8 Å². The number of imidazole rings is 1. The van der Waals surface area contributed by atoms with Crippen LogP contribution in [0, 0.1) is 5.92 Å². The lowest BCUT2D eigenvalue weighted by Gasteiger charge is -2.12. The Morgan fingerprint density at radius 3 is 2.63 bits per heavy atom. The lowest BCUT2D eigenvalue weighted by atomic mass is 9.93. The molecule has 1 heterocycles. The predicted octanol–water partition coefficient (Wildman–Crippen LogP) is 4.66. The first-order valence-electron chi connectivity index (χ1n) is 10.1. The van der Waals surface area contributed by atoms with Crippen molar-refractivity contribution in [3.63, 3.8) is 0 Å². The van der Waals surface area contributed by atoms with E-state index in [9.17, 15) is 4.79 Å². The Kier molecular flexibility index (Phi) is 4.43. The molecule has 5 nitrogen and oxygen atoms in total. The molecular weight excluding hydrogens is 372 g/mol. The molecule has 0 spiro atoms. The van der Waals surface area contributed by atoms with Crippen LogP contribution in [0.25, 0.3) is 22.2 Å². The number of rotatable bonds is 5. The minimum absolute atomic E-state index is 0.0462. The molecule has 30 heavy (non-hydrogen) atoms. The molecule has 2 unspecified atom stereocenters. The van der Waals surface area contributed by atoms with Crippen molar-refractivity contribution in [1.82, 2.24) is 15.4 Å². The number of hydrazone groups is 1. The second kappa shape index (κ2) is 7.26. The highest BCUT2D eigenvalue weighted by atomic mass is 16.2. The first-order valence-corrected chi connectivity index (χ1v) is 10.1. The molecule has 1 aromatic heterocycles. The van der Waals surface area contributed by atoms with E-state index in [0.717, 1.165) is 23.0 Å². The molecule has 0 saturated heterocycles. The van der Waals surface area contributed by atoms with Gasteiger partial charge >= 0.3 is 0 Å². The van der Waals surface area contributed by atoms with Gasteiger partial charge in [0.2, 0.25) is 5.91 Å². The van der Waals surface area contributed by atoms with Crippen molar-refractivity contribution < 1.29 is 4.79 Å². The largest absolute Gasteiger partial charge is 0.345 e. The Hall–Kier alpha value is -3.73. The Morgan fingerprint density at radius 1 is 1.07 bits per heavy atom. The van der Waals surface area contributed by atoms with Crippen LogP contribution in [0.4, 0.5) is 0 Å². The third kappa shape index (κ3) is 3.28. The Balaban J connectivity index is 1.25. The number of hydrogen-bond donors (Lipinski definition) is 2. The zero-order valence-corrected chi connectivity index (χ0v) is 16.7. The molecule has 2 N–H and O–H groups in total. The van der Waals surface area contributed by atoms with Gasteiger partial charge in [0, 0.05) is 11.0 Å². The van der Waals surface area contributed by atoms with Gasteiger partial charge in [-0.1, -0.05) is 73.7 Å². The number of carbonyl (C=O) groups excluding carboxylic acids is 1. The summed E-state index contributed by atoms with van der Waals surface area (Å²) in [5.74, 6) is -0.117. The third-order valence-corrected chi connectivity index (χ3v) is 6.06. The van der Waals surface area contributed by atoms with E-state index in [1.165, 1.54) is 16.7 Å².